The summed E-state index contributed by atoms with van der Waals surface area (Å²) < 4.78 is 0. The number of halogens is 3. The Morgan fingerprint density at radius 1 is 1.11 bits per heavy atom. The third kappa shape index (κ3) is 4.83. The molecule has 1 amide bonds. The molecule has 1 atom stereocenters. The monoisotopic (exact) mass is 454 g/mol. The molecule has 0 saturated heterocycles. The van der Waals surface area contributed by atoms with Crippen molar-refractivity contribution in [1.29, 1.82) is 0 Å². The van der Waals surface area contributed by atoms with Gasteiger partial charge in [-0.15, -0.1) is 11.3 Å². The summed E-state index contributed by atoms with van der Waals surface area (Å²) in [7, 11) is 0. The van der Waals surface area contributed by atoms with Gasteiger partial charge in [-0.25, -0.2) is 4.98 Å². The van der Waals surface area contributed by atoms with Crippen LogP contribution in [0.1, 0.15) is 28.5 Å². The number of benzene rings is 2. The summed E-state index contributed by atoms with van der Waals surface area (Å²) in [5.41, 5.74) is 1.35. The Morgan fingerprint density at radius 3 is 2.54 bits per heavy atom. The number of nitrogens with zero attached hydrogens (tertiary/aromatic N) is 1. The molecule has 28 heavy (non-hydrogen) atoms. The Kier molecular flexibility index (Phi) is 6.57. The van der Waals surface area contributed by atoms with E-state index in [2.05, 4.69) is 10.3 Å². The highest BCUT2D eigenvalue weighted by atomic mass is 35.5. The second-order valence-electron chi connectivity index (χ2n) is 5.81. The highest BCUT2D eigenvalue weighted by molar-refractivity contribution is 7.13. The van der Waals surface area contributed by atoms with E-state index in [1.807, 2.05) is 12.1 Å². The van der Waals surface area contributed by atoms with Crippen molar-refractivity contribution in [2.24, 2.45) is 0 Å². The van der Waals surface area contributed by atoms with E-state index in [4.69, 9.17) is 34.8 Å². The van der Waals surface area contributed by atoms with Gasteiger partial charge in [-0.2, -0.15) is 0 Å². The first-order chi connectivity index (χ1) is 13.3. The van der Waals surface area contributed by atoms with E-state index >= 15 is 0 Å². The van der Waals surface area contributed by atoms with Crippen LogP contribution in [0.4, 0.5) is 0 Å². The number of nitrogens with one attached hydrogen (secondary N) is 1. The van der Waals surface area contributed by atoms with Gasteiger partial charge in [0.1, 0.15) is 10.7 Å². The van der Waals surface area contributed by atoms with Gasteiger partial charge in [-0.3, -0.25) is 9.59 Å². The highest BCUT2D eigenvalue weighted by Gasteiger charge is 2.23. The van der Waals surface area contributed by atoms with Crippen molar-refractivity contribution >= 4 is 58.0 Å². The van der Waals surface area contributed by atoms with Crippen molar-refractivity contribution in [3.05, 3.63) is 74.2 Å². The lowest BCUT2D eigenvalue weighted by Crippen LogP contribution is -2.30. The summed E-state index contributed by atoms with van der Waals surface area (Å²) in [6, 6.07) is 11.0. The van der Waals surface area contributed by atoms with E-state index in [1.54, 1.807) is 29.6 Å². The fraction of sp³-hybridized carbons (Fsp3) is 0.105. The molecule has 144 valence electrons. The third-order valence-corrected chi connectivity index (χ3v) is 5.63. The lowest BCUT2D eigenvalue weighted by Gasteiger charge is -2.18. The predicted octanol–water partition coefficient (Wildman–Crippen LogP) is 5.72. The lowest BCUT2D eigenvalue weighted by molar-refractivity contribution is -0.137. The maximum atomic E-state index is 12.7. The number of aliphatic carboxylic acids is 1. The number of carboxylic acid groups (broad SMARTS) is 1. The molecule has 0 bridgehead atoms. The molecule has 1 unspecified atom stereocenters. The average Bonchev–Trinajstić information content (AvgIpc) is 3.11. The van der Waals surface area contributed by atoms with E-state index in [-0.39, 0.29) is 17.1 Å². The zero-order valence-electron chi connectivity index (χ0n) is 14.2. The van der Waals surface area contributed by atoms with Gasteiger partial charge in [0.25, 0.3) is 5.91 Å². The van der Waals surface area contributed by atoms with Crippen LogP contribution in [-0.4, -0.2) is 22.0 Å². The quantitative estimate of drug-likeness (QED) is 0.498. The number of hydrogen-bond donors (Lipinski definition) is 2. The van der Waals surface area contributed by atoms with Gasteiger partial charge >= 0.3 is 5.97 Å². The number of carboxylic acids is 1. The maximum Gasteiger partial charge on any atom is 0.305 e. The fourth-order valence-corrected chi connectivity index (χ4v) is 4.23. The third-order valence-electron chi connectivity index (χ3n) is 3.86. The van der Waals surface area contributed by atoms with Crippen LogP contribution in [0.25, 0.3) is 10.6 Å². The minimum atomic E-state index is -1.08. The molecule has 2 aromatic carbocycles. The molecule has 1 heterocycles. The molecule has 1 aromatic heterocycles. The van der Waals surface area contributed by atoms with E-state index in [1.165, 1.54) is 17.4 Å². The summed E-state index contributed by atoms with van der Waals surface area (Å²) in [5, 5.41) is 15.3. The number of carbonyl (C=O) groups is 2. The topological polar surface area (TPSA) is 79.3 Å². The molecular weight excluding hydrogens is 443 g/mol. The summed E-state index contributed by atoms with van der Waals surface area (Å²) in [6.45, 7) is 0. The van der Waals surface area contributed by atoms with Crippen LogP contribution in [0.2, 0.25) is 15.1 Å². The van der Waals surface area contributed by atoms with Crippen LogP contribution in [-0.2, 0) is 4.79 Å². The molecule has 5 nitrogen and oxygen atoms in total. The van der Waals surface area contributed by atoms with E-state index in [0.29, 0.717) is 20.6 Å². The lowest BCUT2D eigenvalue weighted by atomic mass is 10.0. The Hall–Kier alpha value is -2.12. The summed E-state index contributed by atoms with van der Waals surface area (Å²) in [6.07, 6.45) is -0.339. The van der Waals surface area contributed by atoms with Gasteiger partial charge in [-0.1, -0.05) is 59.1 Å². The molecule has 0 aliphatic carbocycles. The predicted molar refractivity (Wildman–Crippen MR) is 111 cm³/mol. The van der Waals surface area contributed by atoms with Gasteiger partial charge < -0.3 is 10.4 Å². The smallest absolute Gasteiger partial charge is 0.305 e. The van der Waals surface area contributed by atoms with Gasteiger partial charge in [0.15, 0.2) is 0 Å². The standard InChI is InChI=1S/C19H13Cl3N2O3S/c20-10-5-6-11(14(22)7-10)15(8-17(25)26)23-18(27)16-9-28-19(24-16)12-3-1-2-4-13(12)21/h1-7,9,15H,8H2,(H,23,27)(H,25,26). The van der Waals surface area contributed by atoms with Gasteiger partial charge in [0, 0.05) is 21.0 Å². The number of carbonyl (C=O) groups excluding carboxylic acids is 1. The van der Waals surface area contributed by atoms with Crippen molar-refractivity contribution in [2.75, 3.05) is 0 Å². The molecule has 0 aliphatic heterocycles. The first-order valence-electron chi connectivity index (χ1n) is 8.03. The molecular formula is C19H13Cl3N2O3S. The Labute approximate surface area is 179 Å². The van der Waals surface area contributed by atoms with Gasteiger partial charge in [-0.05, 0) is 23.8 Å². The van der Waals surface area contributed by atoms with Crippen LogP contribution in [0.5, 0.6) is 0 Å². The average molecular weight is 456 g/mol. The Balaban J connectivity index is 1.84. The fourth-order valence-electron chi connectivity index (χ4n) is 2.57. The first-order valence-corrected chi connectivity index (χ1v) is 10.0. The minimum absolute atomic E-state index is 0.167. The normalized spacial score (nSPS) is 11.8. The van der Waals surface area contributed by atoms with E-state index < -0.39 is 17.9 Å². The van der Waals surface area contributed by atoms with Crippen LogP contribution >= 0.6 is 46.1 Å². The number of thiazole rings is 1. The number of aromatic nitrogens is 1. The first kappa shape index (κ1) is 20.6. The highest BCUT2D eigenvalue weighted by Crippen LogP contribution is 2.31. The van der Waals surface area contributed by atoms with Crippen molar-refractivity contribution in [3.63, 3.8) is 0 Å². The van der Waals surface area contributed by atoms with Crippen LogP contribution in [0.3, 0.4) is 0 Å². The SMILES string of the molecule is O=C(O)CC(NC(=O)c1csc(-c2ccccc2Cl)n1)c1ccc(Cl)cc1Cl. The zero-order valence-corrected chi connectivity index (χ0v) is 17.2. The molecule has 0 saturated carbocycles. The maximum absolute atomic E-state index is 12.7. The van der Waals surface area contributed by atoms with Crippen LogP contribution < -0.4 is 5.32 Å². The summed E-state index contributed by atoms with van der Waals surface area (Å²) in [5.74, 6) is -1.59. The molecule has 0 spiro atoms. The second-order valence-corrected chi connectivity index (χ2v) is 7.92. The molecule has 2 N–H and O–H groups in total. The Morgan fingerprint density at radius 2 is 1.86 bits per heavy atom. The second kappa shape index (κ2) is 8.92. The molecule has 3 aromatic rings. The van der Waals surface area contributed by atoms with Gasteiger partial charge in [0.2, 0.25) is 0 Å². The van der Waals surface area contributed by atoms with Crippen molar-refractivity contribution in [2.45, 2.75) is 12.5 Å². The number of hydrogen-bond acceptors (Lipinski definition) is 4. The van der Waals surface area contributed by atoms with Crippen molar-refractivity contribution < 1.29 is 14.7 Å². The number of amides is 1. The minimum Gasteiger partial charge on any atom is -0.481 e. The van der Waals surface area contributed by atoms with Crippen LogP contribution in [0.15, 0.2) is 47.8 Å². The van der Waals surface area contributed by atoms with E-state index in [9.17, 15) is 14.7 Å². The zero-order chi connectivity index (χ0) is 20.3. The molecule has 0 fully saturated rings. The molecule has 0 aliphatic rings. The molecule has 3 rings (SSSR count). The molecule has 9 heteroatoms. The molecule has 0 radical (unpaired) electrons. The summed E-state index contributed by atoms with van der Waals surface area (Å²) >= 11 is 19.5. The van der Waals surface area contributed by atoms with Crippen molar-refractivity contribution in [3.8, 4) is 10.6 Å². The van der Waals surface area contributed by atoms with E-state index in [0.717, 1.165) is 5.56 Å². The number of rotatable bonds is 6. The summed E-state index contributed by atoms with van der Waals surface area (Å²) in [4.78, 5) is 28.2. The largest absolute Gasteiger partial charge is 0.481 e. The Bertz CT molecular complexity index is 1040. The van der Waals surface area contributed by atoms with Crippen molar-refractivity contribution in [1.82, 2.24) is 10.3 Å². The van der Waals surface area contributed by atoms with Crippen LogP contribution in [0, 0.1) is 0 Å². The van der Waals surface area contributed by atoms with Gasteiger partial charge in [0.05, 0.1) is 17.5 Å².